The monoisotopic (exact) mass is 423 g/mol. The number of carbonyl (C=O) groups is 4. The molecule has 0 bridgehead atoms. The van der Waals surface area contributed by atoms with Crippen LogP contribution in [0.2, 0.25) is 0 Å². The topological polar surface area (TPSA) is 105 Å². The number of nitrogens with one attached hydrogen (secondary N) is 2. The number of hydrazine groups is 1. The SMILES string of the molecule is Cc1cccc(C(=O)NN2C[C@H](C(=O)OCC(=O)Nc3cccc(C)c3C)CC2=O)c1. The molecule has 0 aliphatic carbocycles. The van der Waals surface area contributed by atoms with Gasteiger partial charge in [0.15, 0.2) is 6.61 Å². The zero-order valence-corrected chi connectivity index (χ0v) is 17.7. The Labute approximate surface area is 180 Å². The molecule has 3 amide bonds. The van der Waals surface area contributed by atoms with E-state index in [1.807, 2.05) is 39.0 Å². The van der Waals surface area contributed by atoms with Crippen LogP contribution in [-0.4, -0.2) is 41.9 Å². The second-order valence-electron chi connectivity index (χ2n) is 7.62. The number of aryl methyl sites for hydroxylation is 2. The molecule has 0 spiro atoms. The molecule has 8 nitrogen and oxygen atoms in total. The molecule has 2 aromatic rings. The van der Waals surface area contributed by atoms with Gasteiger partial charge in [-0.3, -0.25) is 29.6 Å². The van der Waals surface area contributed by atoms with Gasteiger partial charge in [0.1, 0.15) is 0 Å². The van der Waals surface area contributed by atoms with E-state index >= 15 is 0 Å². The van der Waals surface area contributed by atoms with Crippen molar-refractivity contribution in [3.63, 3.8) is 0 Å². The highest BCUT2D eigenvalue weighted by Crippen LogP contribution is 2.19. The summed E-state index contributed by atoms with van der Waals surface area (Å²) in [6.45, 7) is 5.23. The Hall–Kier alpha value is -3.68. The van der Waals surface area contributed by atoms with Gasteiger partial charge in [0.2, 0.25) is 5.91 Å². The van der Waals surface area contributed by atoms with Gasteiger partial charge in [0, 0.05) is 17.7 Å². The van der Waals surface area contributed by atoms with E-state index in [4.69, 9.17) is 4.74 Å². The van der Waals surface area contributed by atoms with E-state index in [0.717, 1.165) is 21.7 Å². The summed E-state index contributed by atoms with van der Waals surface area (Å²) in [4.78, 5) is 49.0. The van der Waals surface area contributed by atoms with Gasteiger partial charge in [0.05, 0.1) is 12.5 Å². The van der Waals surface area contributed by atoms with Crippen LogP contribution in [0.4, 0.5) is 5.69 Å². The van der Waals surface area contributed by atoms with Gasteiger partial charge in [-0.1, -0.05) is 29.8 Å². The predicted molar refractivity (Wildman–Crippen MR) is 114 cm³/mol. The lowest BCUT2D eigenvalue weighted by Gasteiger charge is -2.17. The number of nitrogens with zero attached hydrogens (tertiary/aromatic N) is 1. The third kappa shape index (κ3) is 5.48. The van der Waals surface area contributed by atoms with Crippen LogP contribution in [0.1, 0.15) is 33.5 Å². The van der Waals surface area contributed by atoms with E-state index in [9.17, 15) is 19.2 Å². The van der Waals surface area contributed by atoms with Gasteiger partial charge in [-0.25, -0.2) is 0 Å². The molecule has 1 aliphatic rings. The Kier molecular flexibility index (Phi) is 6.69. The van der Waals surface area contributed by atoms with Gasteiger partial charge in [0.25, 0.3) is 11.8 Å². The molecule has 0 unspecified atom stereocenters. The van der Waals surface area contributed by atoms with E-state index in [0.29, 0.717) is 11.3 Å². The average molecular weight is 423 g/mol. The summed E-state index contributed by atoms with van der Waals surface area (Å²) < 4.78 is 5.09. The number of hydrogen-bond acceptors (Lipinski definition) is 5. The van der Waals surface area contributed by atoms with Gasteiger partial charge in [-0.15, -0.1) is 0 Å². The first-order valence-electron chi connectivity index (χ1n) is 9.95. The van der Waals surface area contributed by atoms with Crippen molar-refractivity contribution >= 4 is 29.4 Å². The van der Waals surface area contributed by atoms with Crippen molar-refractivity contribution in [1.29, 1.82) is 0 Å². The summed E-state index contributed by atoms with van der Waals surface area (Å²) in [6.07, 6.45) is -0.0917. The van der Waals surface area contributed by atoms with Crippen LogP contribution in [0.25, 0.3) is 0 Å². The third-order valence-electron chi connectivity index (χ3n) is 5.20. The lowest BCUT2D eigenvalue weighted by atomic mass is 10.1. The number of ether oxygens (including phenoxy) is 1. The summed E-state index contributed by atoms with van der Waals surface area (Å²) in [5, 5.41) is 3.83. The maximum atomic E-state index is 12.3. The van der Waals surface area contributed by atoms with Gasteiger partial charge < -0.3 is 10.1 Å². The van der Waals surface area contributed by atoms with Crippen molar-refractivity contribution < 1.29 is 23.9 Å². The molecule has 8 heteroatoms. The van der Waals surface area contributed by atoms with Crippen LogP contribution < -0.4 is 10.7 Å². The summed E-state index contributed by atoms with van der Waals surface area (Å²) in [5.74, 6) is -2.69. The standard InChI is InChI=1S/C23H25N3O5/c1-14-6-4-8-17(10-14)22(29)25-26-12-18(11-21(26)28)23(30)31-13-20(27)24-19-9-5-7-15(2)16(19)3/h4-10,18H,11-13H2,1-3H3,(H,24,27)(H,25,29)/t18-/m1/s1. The van der Waals surface area contributed by atoms with Crippen LogP contribution >= 0.6 is 0 Å². The first kappa shape index (κ1) is 22.0. The van der Waals surface area contributed by atoms with Gasteiger partial charge in [-0.2, -0.15) is 0 Å². The molecule has 2 N–H and O–H groups in total. The molecular formula is C23H25N3O5. The minimum atomic E-state index is -0.751. The Morgan fingerprint density at radius 3 is 2.58 bits per heavy atom. The maximum Gasteiger partial charge on any atom is 0.311 e. The number of hydrogen-bond donors (Lipinski definition) is 2. The number of rotatable bonds is 6. The minimum absolute atomic E-state index is 0.00612. The molecule has 162 valence electrons. The van der Waals surface area contributed by atoms with E-state index in [2.05, 4.69) is 10.7 Å². The van der Waals surface area contributed by atoms with E-state index in [-0.39, 0.29) is 18.9 Å². The van der Waals surface area contributed by atoms with Crippen molar-refractivity contribution in [2.45, 2.75) is 27.2 Å². The molecule has 0 aromatic heterocycles. The Bertz CT molecular complexity index is 1030. The molecule has 1 atom stereocenters. The number of amides is 3. The maximum absolute atomic E-state index is 12.3. The number of carbonyl (C=O) groups excluding carboxylic acids is 4. The van der Waals surface area contributed by atoms with Crippen molar-refractivity contribution in [2.24, 2.45) is 5.92 Å². The second kappa shape index (κ2) is 9.42. The van der Waals surface area contributed by atoms with Crippen LogP contribution in [0.5, 0.6) is 0 Å². The Morgan fingerprint density at radius 2 is 1.84 bits per heavy atom. The Balaban J connectivity index is 1.50. The minimum Gasteiger partial charge on any atom is -0.455 e. The van der Waals surface area contributed by atoms with Crippen LogP contribution in [0, 0.1) is 26.7 Å². The summed E-state index contributed by atoms with van der Waals surface area (Å²) in [5.41, 5.74) is 6.48. The molecule has 2 aromatic carbocycles. The predicted octanol–water partition coefficient (Wildman–Crippen LogP) is 2.29. The first-order valence-corrected chi connectivity index (χ1v) is 9.95. The molecular weight excluding hydrogens is 398 g/mol. The van der Waals surface area contributed by atoms with Crippen LogP contribution in [0.15, 0.2) is 42.5 Å². The number of esters is 1. The number of benzene rings is 2. The smallest absolute Gasteiger partial charge is 0.311 e. The molecule has 0 radical (unpaired) electrons. The van der Waals surface area contributed by atoms with Crippen molar-refractivity contribution in [3.8, 4) is 0 Å². The van der Waals surface area contributed by atoms with Crippen molar-refractivity contribution in [2.75, 3.05) is 18.5 Å². The quantitative estimate of drug-likeness (QED) is 0.694. The third-order valence-corrected chi connectivity index (χ3v) is 5.20. The fraction of sp³-hybridized carbons (Fsp3) is 0.304. The summed E-state index contributed by atoms with van der Waals surface area (Å²) in [6, 6.07) is 12.5. The summed E-state index contributed by atoms with van der Waals surface area (Å²) >= 11 is 0. The second-order valence-corrected chi connectivity index (χ2v) is 7.62. The van der Waals surface area contributed by atoms with E-state index < -0.39 is 30.3 Å². The zero-order chi connectivity index (χ0) is 22.5. The highest BCUT2D eigenvalue weighted by Gasteiger charge is 2.36. The van der Waals surface area contributed by atoms with Crippen molar-refractivity contribution in [3.05, 3.63) is 64.7 Å². The highest BCUT2D eigenvalue weighted by molar-refractivity contribution is 5.97. The molecule has 1 heterocycles. The number of anilines is 1. The molecule has 1 aliphatic heterocycles. The summed E-state index contributed by atoms with van der Waals surface area (Å²) in [7, 11) is 0. The van der Waals surface area contributed by atoms with Crippen molar-refractivity contribution in [1.82, 2.24) is 10.4 Å². The normalized spacial score (nSPS) is 15.5. The van der Waals surface area contributed by atoms with Gasteiger partial charge in [-0.05, 0) is 50.1 Å². The Morgan fingerprint density at radius 1 is 1.10 bits per heavy atom. The van der Waals surface area contributed by atoms with Crippen LogP contribution in [-0.2, 0) is 19.1 Å². The highest BCUT2D eigenvalue weighted by atomic mass is 16.5. The molecule has 1 saturated heterocycles. The fourth-order valence-electron chi connectivity index (χ4n) is 3.27. The molecule has 0 saturated carbocycles. The lowest BCUT2D eigenvalue weighted by Crippen LogP contribution is -2.43. The lowest BCUT2D eigenvalue weighted by molar-refractivity contribution is -0.151. The van der Waals surface area contributed by atoms with E-state index in [1.54, 1.807) is 24.3 Å². The fourth-order valence-corrected chi connectivity index (χ4v) is 3.27. The van der Waals surface area contributed by atoms with E-state index in [1.165, 1.54) is 0 Å². The molecule has 1 fully saturated rings. The largest absolute Gasteiger partial charge is 0.455 e. The molecule has 3 rings (SSSR count). The average Bonchev–Trinajstić information content (AvgIpc) is 3.10. The zero-order valence-electron chi connectivity index (χ0n) is 17.7. The molecule has 31 heavy (non-hydrogen) atoms. The first-order chi connectivity index (χ1) is 14.7. The van der Waals surface area contributed by atoms with Gasteiger partial charge >= 0.3 is 5.97 Å². The van der Waals surface area contributed by atoms with Crippen LogP contribution in [0.3, 0.4) is 0 Å².